The van der Waals surface area contributed by atoms with Gasteiger partial charge in [0.15, 0.2) is 18.9 Å². The van der Waals surface area contributed by atoms with Gasteiger partial charge in [-0.25, -0.2) is 4.79 Å². The maximum atomic E-state index is 11.0. The normalized spacial score (nSPS) is 10.4. The maximum Gasteiger partial charge on any atom is 0.341 e. The van der Waals surface area contributed by atoms with Crippen molar-refractivity contribution in [3.63, 3.8) is 0 Å². The topological polar surface area (TPSA) is 44.4 Å². The van der Waals surface area contributed by atoms with Gasteiger partial charge in [0, 0.05) is 19.2 Å². The van der Waals surface area contributed by atoms with E-state index < -0.39 is 5.97 Å². The van der Waals surface area contributed by atoms with E-state index in [1.54, 1.807) is 18.3 Å². The van der Waals surface area contributed by atoms with Crippen LogP contribution < -0.4 is 4.57 Å². The molecule has 0 aliphatic rings. The Balaban J connectivity index is 2.70. The molecule has 1 aromatic heterocycles. The highest BCUT2D eigenvalue weighted by molar-refractivity contribution is 7.80. The molecule has 21 heavy (non-hydrogen) atoms. The largest absolute Gasteiger partial charge is 0.477 e. The van der Waals surface area contributed by atoms with Crippen molar-refractivity contribution in [2.75, 3.05) is 13.1 Å². The van der Waals surface area contributed by atoms with Crippen LogP contribution in [0.4, 0.5) is 0 Å². The monoisotopic (exact) mass is 309 g/mol. The van der Waals surface area contributed by atoms with Crippen molar-refractivity contribution in [1.29, 1.82) is 0 Å². The summed E-state index contributed by atoms with van der Waals surface area (Å²) in [7, 11) is 0. The second-order valence-corrected chi connectivity index (χ2v) is 5.63. The van der Waals surface area contributed by atoms with E-state index in [0.29, 0.717) is 6.54 Å². The standard InChI is InChI=1S/C16H24N2O2S/c1-3-5-10-18(11-6-4-2)15(21)13-17-9-7-8-14(12-17)16(19)20/h7-9,12H,3-6,10-11,13H2,1-2H3/p+1. The molecule has 0 unspecified atom stereocenters. The predicted octanol–water partition coefficient (Wildman–Crippen LogP) is 2.90. The number of aromatic carboxylic acids is 1. The van der Waals surface area contributed by atoms with Crippen LogP contribution >= 0.6 is 12.2 Å². The average Bonchev–Trinajstić information content (AvgIpc) is 2.47. The van der Waals surface area contributed by atoms with Gasteiger partial charge in [-0.3, -0.25) is 0 Å². The van der Waals surface area contributed by atoms with Gasteiger partial charge >= 0.3 is 5.97 Å². The van der Waals surface area contributed by atoms with Crippen molar-refractivity contribution in [3.8, 4) is 0 Å². The molecular weight excluding hydrogens is 284 g/mol. The Morgan fingerprint density at radius 1 is 1.29 bits per heavy atom. The van der Waals surface area contributed by atoms with Crippen molar-refractivity contribution in [1.82, 2.24) is 4.90 Å². The first-order valence-corrected chi connectivity index (χ1v) is 7.99. The van der Waals surface area contributed by atoms with Crippen molar-refractivity contribution >= 4 is 23.2 Å². The number of hydrogen-bond acceptors (Lipinski definition) is 2. The second-order valence-electron chi connectivity index (χ2n) is 5.16. The van der Waals surface area contributed by atoms with E-state index in [4.69, 9.17) is 17.3 Å². The summed E-state index contributed by atoms with van der Waals surface area (Å²) in [6.45, 7) is 6.87. The summed E-state index contributed by atoms with van der Waals surface area (Å²) in [6, 6.07) is 3.34. The molecule has 1 rings (SSSR count). The van der Waals surface area contributed by atoms with Crippen molar-refractivity contribution in [3.05, 3.63) is 30.1 Å². The van der Waals surface area contributed by atoms with Crippen LogP contribution in [-0.4, -0.2) is 34.1 Å². The van der Waals surface area contributed by atoms with E-state index in [1.165, 1.54) is 0 Å². The van der Waals surface area contributed by atoms with E-state index in [-0.39, 0.29) is 5.56 Å². The molecule has 0 atom stereocenters. The zero-order valence-corrected chi connectivity index (χ0v) is 13.7. The Hall–Kier alpha value is -1.49. The molecule has 0 radical (unpaired) electrons. The molecule has 0 saturated carbocycles. The van der Waals surface area contributed by atoms with E-state index in [2.05, 4.69) is 18.7 Å². The summed E-state index contributed by atoms with van der Waals surface area (Å²) in [6.07, 6.45) is 8.04. The summed E-state index contributed by atoms with van der Waals surface area (Å²) < 4.78 is 1.84. The quantitative estimate of drug-likeness (QED) is 0.563. The summed E-state index contributed by atoms with van der Waals surface area (Å²) in [4.78, 5) is 14.1. The highest BCUT2D eigenvalue weighted by Gasteiger charge is 2.15. The number of carbonyl (C=O) groups is 1. The van der Waals surface area contributed by atoms with Gasteiger partial charge in [0.1, 0.15) is 10.6 Å². The number of rotatable bonds is 9. The van der Waals surface area contributed by atoms with Crippen molar-refractivity contribution in [2.45, 2.75) is 46.1 Å². The summed E-state index contributed by atoms with van der Waals surface area (Å²) in [5.41, 5.74) is 0.286. The molecule has 1 heterocycles. The van der Waals surface area contributed by atoms with E-state index in [9.17, 15) is 4.79 Å². The highest BCUT2D eigenvalue weighted by atomic mass is 32.1. The fraction of sp³-hybridized carbons (Fsp3) is 0.562. The molecule has 116 valence electrons. The molecule has 0 aliphatic carbocycles. The molecule has 0 aromatic carbocycles. The van der Waals surface area contributed by atoms with Crippen LogP contribution in [0.1, 0.15) is 49.9 Å². The summed E-state index contributed by atoms with van der Waals surface area (Å²) >= 11 is 5.55. The zero-order chi connectivity index (χ0) is 15.7. The lowest BCUT2D eigenvalue weighted by Crippen LogP contribution is -2.44. The number of hydrogen-bond donors (Lipinski definition) is 1. The van der Waals surface area contributed by atoms with Gasteiger partial charge in [0.05, 0.1) is 0 Å². The Bertz CT molecular complexity index is 469. The van der Waals surface area contributed by atoms with E-state index in [1.807, 2.05) is 10.8 Å². The van der Waals surface area contributed by atoms with Gasteiger partial charge in [-0.05, 0) is 18.9 Å². The predicted molar refractivity (Wildman–Crippen MR) is 87.6 cm³/mol. The van der Waals surface area contributed by atoms with Crippen molar-refractivity contribution < 1.29 is 14.5 Å². The lowest BCUT2D eigenvalue weighted by molar-refractivity contribution is -0.682. The fourth-order valence-corrected chi connectivity index (χ4v) is 2.39. The van der Waals surface area contributed by atoms with Crippen LogP contribution in [-0.2, 0) is 6.54 Å². The average molecular weight is 309 g/mol. The van der Waals surface area contributed by atoms with E-state index in [0.717, 1.165) is 43.8 Å². The van der Waals surface area contributed by atoms with E-state index >= 15 is 0 Å². The Kier molecular flexibility index (Phi) is 7.90. The first-order chi connectivity index (χ1) is 10.1. The molecule has 1 aromatic rings. The van der Waals surface area contributed by atoms with Gasteiger partial charge in [-0.2, -0.15) is 4.57 Å². The van der Waals surface area contributed by atoms with Gasteiger partial charge in [-0.15, -0.1) is 0 Å². The lowest BCUT2D eigenvalue weighted by Gasteiger charge is -2.23. The Morgan fingerprint density at radius 2 is 1.90 bits per heavy atom. The number of aromatic nitrogens is 1. The SMILES string of the molecule is CCCCN(CCCC)C(=S)C[n+]1cccc(C(=O)O)c1. The number of pyridine rings is 1. The zero-order valence-electron chi connectivity index (χ0n) is 12.9. The molecule has 0 amide bonds. The summed E-state index contributed by atoms with van der Waals surface area (Å²) in [5, 5.41) is 9.03. The number of carboxylic acids is 1. The van der Waals surface area contributed by atoms with Crippen LogP contribution in [0.5, 0.6) is 0 Å². The third kappa shape index (κ3) is 6.21. The highest BCUT2D eigenvalue weighted by Crippen LogP contribution is 2.02. The first-order valence-electron chi connectivity index (χ1n) is 7.58. The fourth-order valence-electron chi connectivity index (χ4n) is 2.06. The third-order valence-corrected chi connectivity index (χ3v) is 3.73. The van der Waals surface area contributed by atoms with Crippen LogP contribution in [0.25, 0.3) is 0 Å². The maximum absolute atomic E-state index is 11.0. The van der Waals surface area contributed by atoms with Crippen LogP contribution in [0, 0.1) is 0 Å². The second kappa shape index (κ2) is 9.45. The smallest absolute Gasteiger partial charge is 0.341 e. The molecule has 0 fully saturated rings. The van der Waals surface area contributed by atoms with Crippen molar-refractivity contribution in [2.24, 2.45) is 0 Å². The van der Waals surface area contributed by atoms with Crippen LogP contribution in [0.15, 0.2) is 24.5 Å². The van der Waals surface area contributed by atoms with Crippen LogP contribution in [0.2, 0.25) is 0 Å². The minimum Gasteiger partial charge on any atom is -0.477 e. The molecule has 5 heteroatoms. The minimum atomic E-state index is -0.913. The Morgan fingerprint density at radius 3 is 2.43 bits per heavy atom. The summed E-state index contributed by atoms with van der Waals surface area (Å²) in [5.74, 6) is -0.913. The molecule has 0 aliphatic heterocycles. The molecule has 4 nitrogen and oxygen atoms in total. The van der Waals surface area contributed by atoms with Gasteiger partial charge in [0.2, 0.25) is 0 Å². The number of unbranched alkanes of at least 4 members (excludes halogenated alkanes) is 2. The van der Waals surface area contributed by atoms with Gasteiger partial charge < -0.3 is 10.0 Å². The number of carboxylic acid groups (broad SMARTS) is 1. The number of nitrogens with zero attached hydrogens (tertiary/aromatic N) is 2. The van der Waals surface area contributed by atoms with Gasteiger partial charge in [0.25, 0.3) is 0 Å². The molecule has 0 bridgehead atoms. The molecular formula is C16H25N2O2S+. The molecule has 0 saturated heterocycles. The first kappa shape index (κ1) is 17.6. The molecule has 1 N–H and O–H groups in total. The molecule has 0 spiro atoms. The number of thiocarbonyl (C=S) groups is 1. The van der Waals surface area contributed by atoms with Crippen LogP contribution in [0.3, 0.4) is 0 Å². The Labute approximate surface area is 132 Å². The third-order valence-electron chi connectivity index (χ3n) is 3.34. The van der Waals surface area contributed by atoms with Gasteiger partial charge in [-0.1, -0.05) is 38.9 Å². The minimum absolute atomic E-state index is 0.286. The lowest BCUT2D eigenvalue weighted by atomic mass is 10.2.